The van der Waals surface area contributed by atoms with E-state index >= 15 is 0 Å². The number of benzene rings is 1. The molecule has 1 heterocycles. The number of hydrogen-bond donors (Lipinski definition) is 1. The van der Waals surface area contributed by atoms with Crippen molar-refractivity contribution in [2.75, 3.05) is 0 Å². The number of phenolic OH excluding ortho intramolecular Hbond substituents is 1. The molecule has 2 rings (SSSR count). The predicted molar refractivity (Wildman–Crippen MR) is 49.6 cm³/mol. The van der Waals surface area contributed by atoms with Gasteiger partial charge in [0, 0.05) is 18.6 Å². The summed E-state index contributed by atoms with van der Waals surface area (Å²) in [6.45, 7) is 0. The molecule has 0 fully saturated rings. The highest BCUT2D eigenvalue weighted by Gasteiger charge is 2.06. The van der Waals surface area contributed by atoms with Crippen LogP contribution in [0.5, 0.6) is 5.75 Å². The molecular weight excluding hydrogens is 174 g/mol. The average Bonchev–Trinajstić information content (AvgIpc) is 2.29. The van der Waals surface area contributed by atoms with E-state index in [2.05, 4.69) is 0 Å². The summed E-state index contributed by atoms with van der Waals surface area (Å²) in [4.78, 5) is 0. The second kappa shape index (κ2) is 2.42. The summed E-state index contributed by atoms with van der Waals surface area (Å²) in [6.07, 6.45) is 1.78. The maximum Gasteiger partial charge on any atom is 0.139 e. The minimum absolute atomic E-state index is 0.266. The van der Waals surface area contributed by atoms with E-state index in [-0.39, 0.29) is 5.75 Å². The Morgan fingerprint density at radius 1 is 1.42 bits per heavy atom. The molecule has 1 N–H and O–H groups in total. The number of fused-ring (bicyclic) bond motifs is 1. The normalized spacial score (nSPS) is 10.8. The van der Waals surface area contributed by atoms with Crippen LogP contribution in [0.3, 0.4) is 0 Å². The maximum atomic E-state index is 9.49. The number of nitrogens with zero attached hydrogens (tertiary/aromatic N) is 1. The number of rotatable bonds is 0. The van der Waals surface area contributed by atoms with Crippen molar-refractivity contribution >= 4 is 22.5 Å². The van der Waals surface area contributed by atoms with Gasteiger partial charge in [0.1, 0.15) is 5.75 Å². The Labute approximate surface area is 75.0 Å². The maximum absolute atomic E-state index is 9.49. The van der Waals surface area contributed by atoms with Crippen LogP contribution in [-0.2, 0) is 7.05 Å². The van der Waals surface area contributed by atoms with Crippen molar-refractivity contribution in [3.63, 3.8) is 0 Å². The van der Waals surface area contributed by atoms with Crippen LogP contribution in [0.25, 0.3) is 10.9 Å². The summed E-state index contributed by atoms with van der Waals surface area (Å²) in [5.74, 6) is 0.266. The number of halogens is 1. The average molecular weight is 182 g/mol. The zero-order valence-electron chi connectivity index (χ0n) is 6.58. The van der Waals surface area contributed by atoms with Crippen molar-refractivity contribution < 1.29 is 5.11 Å². The van der Waals surface area contributed by atoms with E-state index in [0.29, 0.717) is 5.02 Å². The van der Waals surface area contributed by atoms with Crippen LogP contribution >= 0.6 is 11.6 Å². The molecule has 1 aromatic heterocycles. The minimum atomic E-state index is 0.266. The van der Waals surface area contributed by atoms with E-state index in [4.69, 9.17) is 11.6 Å². The second-order valence-corrected chi connectivity index (χ2v) is 3.17. The van der Waals surface area contributed by atoms with E-state index in [0.717, 1.165) is 10.9 Å². The first-order valence-corrected chi connectivity index (χ1v) is 4.00. The Bertz CT molecular complexity index is 433. The molecular formula is C9H8ClNO. The van der Waals surface area contributed by atoms with E-state index < -0.39 is 0 Å². The Morgan fingerprint density at radius 2 is 2.17 bits per heavy atom. The monoisotopic (exact) mass is 181 g/mol. The van der Waals surface area contributed by atoms with Crippen LogP contribution in [0.2, 0.25) is 5.02 Å². The summed E-state index contributed by atoms with van der Waals surface area (Å²) < 4.78 is 1.81. The molecule has 3 heteroatoms. The van der Waals surface area contributed by atoms with Crippen molar-refractivity contribution in [1.82, 2.24) is 4.57 Å². The van der Waals surface area contributed by atoms with Gasteiger partial charge in [0.05, 0.1) is 10.5 Å². The van der Waals surface area contributed by atoms with E-state index in [1.54, 1.807) is 18.3 Å². The van der Waals surface area contributed by atoms with Gasteiger partial charge in [0.25, 0.3) is 0 Å². The van der Waals surface area contributed by atoms with Crippen molar-refractivity contribution in [3.05, 3.63) is 29.4 Å². The highest BCUT2D eigenvalue weighted by Crippen LogP contribution is 2.30. The van der Waals surface area contributed by atoms with Gasteiger partial charge in [0.15, 0.2) is 0 Å². The van der Waals surface area contributed by atoms with Gasteiger partial charge in [-0.3, -0.25) is 0 Å². The van der Waals surface area contributed by atoms with Gasteiger partial charge in [-0.25, -0.2) is 0 Å². The van der Waals surface area contributed by atoms with Crippen LogP contribution in [-0.4, -0.2) is 9.67 Å². The Morgan fingerprint density at radius 3 is 2.83 bits per heavy atom. The van der Waals surface area contributed by atoms with Crippen LogP contribution in [0.1, 0.15) is 0 Å². The fourth-order valence-corrected chi connectivity index (χ4v) is 1.70. The van der Waals surface area contributed by atoms with Gasteiger partial charge in [-0.05, 0) is 6.07 Å². The molecule has 0 aliphatic carbocycles. The first-order chi connectivity index (χ1) is 5.70. The largest absolute Gasteiger partial charge is 0.506 e. The highest BCUT2D eigenvalue weighted by atomic mass is 35.5. The molecule has 2 nitrogen and oxygen atoms in total. The van der Waals surface area contributed by atoms with E-state index in [9.17, 15) is 5.11 Å². The molecule has 0 amide bonds. The fourth-order valence-electron chi connectivity index (χ4n) is 1.40. The number of aromatic hydroxyl groups is 1. The first kappa shape index (κ1) is 7.50. The molecule has 0 radical (unpaired) electrons. The smallest absolute Gasteiger partial charge is 0.139 e. The molecule has 0 saturated heterocycles. The molecule has 0 aliphatic rings. The molecule has 0 unspecified atom stereocenters. The lowest BCUT2D eigenvalue weighted by Gasteiger charge is -1.97. The Kier molecular flexibility index (Phi) is 1.51. The van der Waals surface area contributed by atoms with Crippen molar-refractivity contribution in [1.29, 1.82) is 0 Å². The van der Waals surface area contributed by atoms with Crippen LogP contribution < -0.4 is 0 Å². The summed E-state index contributed by atoms with van der Waals surface area (Å²) in [5, 5.41) is 11.0. The van der Waals surface area contributed by atoms with Gasteiger partial charge in [-0.15, -0.1) is 0 Å². The van der Waals surface area contributed by atoms with Gasteiger partial charge in [-0.2, -0.15) is 0 Å². The third kappa shape index (κ3) is 0.883. The van der Waals surface area contributed by atoms with Crippen LogP contribution in [0.15, 0.2) is 24.4 Å². The quantitative estimate of drug-likeness (QED) is 0.664. The zero-order valence-corrected chi connectivity index (χ0v) is 7.34. The number of aromatic nitrogens is 1. The molecule has 12 heavy (non-hydrogen) atoms. The molecule has 0 bridgehead atoms. The molecule has 62 valence electrons. The number of hydrogen-bond acceptors (Lipinski definition) is 1. The van der Waals surface area contributed by atoms with Crippen molar-refractivity contribution in [2.24, 2.45) is 7.05 Å². The number of phenols is 1. The standard InChI is InChI=1S/C9H8ClNO/c1-11-5-7(10)6-3-2-4-8(12)9(6)11/h2-5,12H,1H3. The van der Waals surface area contributed by atoms with Crippen molar-refractivity contribution in [3.8, 4) is 5.75 Å². The summed E-state index contributed by atoms with van der Waals surface area (Å²) >= 11 is 5.92. The van der Waals surface area contributed by atoms with E-state index in [1.165, 1.54) is 0 Å². The Balaban J connectivity index is 2.99. The van der Waals surface area contributed by atoms with Crippen molar-refractivity contribution in [2.45, 2.75) is 0 Å². The van der Waals surface area contributed by atoms with Gasteiger partial charge in [0.2, 0.25) is 0 Å². The lowest BCUT2D eigenvalue weighted by atomic mass is 10.2. The fraction of sp³-hybridized carbons (Fsp3) is 0.111. The molecule has 1 aromatic carbocycles. The molecule has 0 saturated carbocycles. The lowest BCUT2D eigenvalue weighted by Crippen LogP contribution is -1.83. The van der Waals surface area contributed by atoms with Crippen LogP contribution in [0, 0.1) is 0 Å². The number of para-hydroxylation sites is 1. The third-order valence-electron chi connectivity index (χ3n) is 1.93. The predicted octanol–water partition coefficient (Wildman–Crippen LogP) is 2.54. The molecule has 0 spiro atoms. The third-order valence-corrected chi connectivity index (χ3v) is 2.23. The zero-order chi connectivity index (χ0) is 8.72. The first-order valence-electron chi connectivity index (χ1n) is 3.62. The summed E-state index contributed by atoms with van der Waals surface area (Å²) in [6, 6.07) is 5.32. The topological polar surface area (TPSA) is 25.2 Å². The lowest BCUT2D eigenvalue weighted by molar-refractivity contribution is 0.479. The molecule has 0 aliphatic heterocycles. The van der Waals surface area contributed by atoms with Crippen LogP contribution in [0.4, 0.5) is 0 Å². The molecule has 0 atom stereocenters. The number of aryl methyl sites for hydroxylation is 1. The van der Waals surface area contributed by atoms with E-state index in [1.807, 2.05) is 17.7 Å². The SMILES string of the molecule is Cn1cc(Cl)c2cccc(O)c21. The van der Waals surface area contributed by atoms with Gasteiger partial charge in [-0.1, -0.05) is 23.7 Å². The Hall–Kier alpha value is -1.15. The molecule has 2 aromatic rings. The summed E-state index contributed by atoms with van der Waals surface area (Å²) in [5.41, 5.74) is 0.780. The second-order valence-electron chi connectivity index (χ2n) is 2.76. The van der Waals surface area contributed by atoms with Gasteiger partial charge >= 0.3 is 0 Å². The minimum Gasteiger partial charge on any atom is -0.506 e. The highest BCUT2D eigenvalue weighted by molar-refractivity contribution is 6.35. The van der Waals surface area contributed by atoms with Gasteiger partial charge < -0.3 is 9.67 Å². The summed E-state index contributed by atoms with van der Waals surface area (Å²) in [7, 11) is 1.86.